The SMILES string of the molecule is O=C1NC(=O)C(c2cn(CCCN=C=S)c3c(OCc4ccccc4)cccc23)=C1c1c[nH]c2ccccc12. The number of isothiocyanates is 1. The fraction of sp³-hybridized carbons (Fsp3) is 0.129. The predicted molar refractivity (Wildman–Crippen MR) is 155 cm³/mol. The van der Waals surface area contributed by atoms with Gasteiger partial charge in [-0.3, -0.25) is 14.9 Å². The number of ether oxygens (including phenoxy) is 1. The Labute approximate surface area is 229 Å². The number of aromatic nitrogens is 2. The molecule has 1 aliphatic heterocycles. The molecule has 0 atom stereocenters. The van der Waals surface area contributed by atoms with Crippen molar-refractivity contribution < 1.29 is 14.3 Å². The van der Waals surface area contributed by atoms with E-state index < -0.39 is 11.8 Å². The molecule has 2 aromatic heterocycles. The van der Waals surface area contributed by atoms with Gasteiger partial charge in [-0.15, -0.1) is 0 Å². The third-order valence-electron chi connectivity index (χ3n) is 6.89. The molecule has 0 radical (unpaired) electrons. The van der Waals surface area contributed by atoms with Gasteiger partial charge >= 0.3 is 0 Å². The zero-order valence-corrected chi connectivity index (χ0v) is 21.8. The zero-order valence-electron chi connectivity index (χ0n) is 20.9. The number of H-pyrrole nitrogens is 1. The summed E-state index contributed by atoms with van der Waals surface area (Å²) in [5, 5.41) is 6.64. The number of aliphatic imine (C=N–C) groups is 1. The Kier molecular flexibility index (Phi) is 6.63. The fourth-order valence-corrected chi connectivity index (χ4v) is 5.26. The van der Waals surface area contributed by atoms with Crippen molar-refractivity contribution >= 4 is 62.1 Å². The summed E-state index contributed by atoms with van der Waals surface area (Å²) in [6.07, 6.45) is 4.44. The summed E-state index contributed by atoms with van der Waals surface area (Å²) in [5.41, 5.74) is 4.88. The topological polar surface area (TPSA) is 88.5 Å². The number of hydrogen-bond acceptors (Lipinski definition) is 5. The molecule has 0 saturated heterocycles. The van der Waals surface area contributed by atoms with Gasteiger partial charge in [-0.25, -0.2) is 4.99 Å². The highest BCUT2D eigenvalue weighted by Crippen LogP contribution is 2.40. The number of nitrogens with one attached hydrogen (secondary N) is 2. The number of thiocarbonyl (C=S) groups is 1. The largest absolute Gasteiger partial charge is 0.487 e. The lowest BCUT2D eigenvalue weighted by atomic mass is 9.95. The summed E-state index contributed by atoms with van der Waals surface area (Å²) >= 11 is 4.72. The van der Waals surface area contributed by atoms with Crippen LogP contribution in [0.15, 0.2) is 90.2 Å². The van der Waals surface area contributed by atoms with Gasteiger partial charge in [0.2, 0.25) is 0 Å². The Bertz CT molecular complexity index is 1810. The smallest absolute Gasteiger partial charge is 0.259 e. The van der Waals surface area contributed by atoms with Gasteiger partial charge < -0.3 is 14.3 Å². The van der Waals surface area contributed by atoms with E-state index >= 15 is 0 Å². The number of imide groups is 1. The van der Waals surface area contributed by atoms with Crippen LogP contribution in [0, 0.1) is 0 Å². The Morgan fingerprint density at radius 3 is 2.44 bits per heavy atom. The van der Waals surface area contributed by atoms with E-state index in [9.17, 15) is 9.59 Å². The van der Waals surface area contributed by atoms with Crippen LogP contribution >= 0.6 is 12.2 Å². The van der Waals surface area contributed by atoms with Crippen LogP contribution in [-0.4, -0.2) is 33.1 Å². The second kappa shape index (κ2) is 10.5. The highest BCUT2D eigenvalue weighted by atomic mass is 32.1. The summed E-state index contributed by atoms with van der Waals surface area (Å²) in [6.45, 7) is 1.56. The molecule has 5 aromatic rings. The molecule has 39 heavy (non-hydrogen) atoms. The first-order valence-corrected chi connectivity index (χ1v) is 13.1. The summed E-state index contributed by atoms with van der Waals surface area (Å²) in [5.74, 6) is -0.132. The highest BCUT2D eigenvalue weighted by molar-refractivity contribution is 7.78. The van der Waals surface area contributed by atoms with Crippen LogP contribution in [0.25, 0.3) is 33.0 Å². The van der Waals surface area contributed by atoms with Gasteiger partial charge in [-0.1, -0.05) is 60.7 Å². The van der Waals surface area contributed by atoms with Gasteiger partial charge in [-0.05, 0) is 36.3 Å². The third-order valence-corrected chi connectivity index (χ3v) is 7.02. The summed E-state index contributed by atoms with van der Waals surface area (Å²) in [6, 6.07) is 23.5. The van der Waals surface area contributed by atoms with Gasteiger partial charge in [0.25, 0.3) is 11.8 Å². The van der Waals surface area contributed by atoms with Gasteiger partial charge in [0.1, 0.15) is 12.4 Å². The molecule has 0 aliphatic carbocycles. The first-order valence-electron chi connectivity index (χ1n) is 12.6. The van der Waals surface area contributed by atoms with Crippen molar-refractivity contribution in [3.63, 3.8) is 0 Å². The first-order chi connectivity index (χ1) is 19.2. The molecule has 3 heterocycles. The first kappa shape index (κ1) is 24.6. The van der Waals surface area contributed by atoms with Crippen LogP contribution < -0.4 is 10.1 Å². The maximum Gasteiger partial charge on any atom is 0.259 e. The lowest BCUT2D eigenvalue weighted by Crippen LogP contribution is -2.22. The number of fused-ring (bicyclic) bond motifs is 2. The van der Waals surface area contributed by atoms with E-state index in [-0.39, 0.29) is 0 Å². The average Bonchev–Trinajstić information content (AvgIpc) is 3.63. The van der Waals surface area contributed by atoms with Gasteiger partial charge in [0.05, 0.1) is 28.4 Å². The quantitative estimate of drug-likeness (QED) is 0.109. The van der Waals surface area contributed by atoms with Crippen molar-refractivity contribution in [2.45, 2.75) is 19.6 Å². The second-order valence-electron chi connectivity index (χ2n) is 9.27. The molecule has 192 valence electrons. The maximum absolute atomic E-state index is 13.3. The zero-order chi connectivity index (χ0) is 26.8. The van der Waals surface area contributed by atoms with E-state index in [4.69, 9.17) is 17.0 Å². The molecule has 1 aliphatic rings. The molecule has 0 unspecified atom stereocenters. The number of carbonyl (C=O) groups is 2. The lowest BCUT2D eigenvalue weighted by molar-refractivity contribution is -0.122. The molecule has 0 spiro atoms. The molecule has 6 rings (SSSR count). The number of amides is 2. The van der Waals surface area contributed by atoms with Crippen LogP contribution in [0.1, 0.15) is 23.1 Å². The third kappa shape index (κ3) is 4.56. The van der Waals surface area contributed by atoms with E-state index in [2.05, 4.69) is 25.0 Å². The maximum atomic E-state index is 13.3. The fourth-order valence-electron chi connectivity index (χ4n) is 5.17. The molecule has 3 aromatic carbocycles. The second-order valence-corrected chi connectivity index (χ2v) is 9.45. The predicted octanol–water partition coefficient (Wildman–Crippen LogP) is 5.76. The number of carbonyl (C=O) groups excluding carboxylic acids is 2. The summed E-state index contributed by atoms with van der Waals surface area (Å²) < 4.78 is 8.36. The Morgan fingerprint density at radius 2 is 1.62 bits per heavy atom. The van der Waals surface area contributed by atoms with Crippen molar-refractivity contribution in [2.75, 3.05) is 6.54 Å². The Hall–Kier alpha value is -4.78. The molecular weight excluding hydrogens is 508 g/mol. The standard InChI is InChI=1S/C31H24N4O3S/c36-30-27(23-16-33-25-12-5-4-10-21(23)25)28(31(37)34-30)24-17-35(15-7-14-32-19-39)29-22(24)11-6-13-26(29)38-18-20-8-2-1-3-9-20/h1-6,8-13,16-17,33H,7,14-15,18H2,(H,34,36,37). The number of aryl methyl sites for hydroxylation is 1. The number of nitrogens with zero attached hydrogens (tertiary/aromatic N) is 2. The molecule has 0 saturated carbocycles. The Balaban J connectivity index is 1.52. The van der Waals surface area contributed by atoms with Crippen molar-refractivity contribution in [1.29, 1.82) is 0 Å². The van der Waals surface area contributed by atoms with Crippen LogP contribution in [0.5, 0.6) is 5.75 Å². The number of benzene rings is 3. The van der Waals surface area contributed by atoms with Crippen LogP contribution in [0.3, 0.4) is 0 Å². The molecule has 0 bridgehead atoms. The van der Waals surface area contributed by atoms with Crippen molar-refractivity contribution in [1.82, 2.24) is 14.9 Å². The minimum absolute atomic E-state index is 0.352. The van der Waals surface area contributed by atoms with Gasteiger partial charge in [-0.2, -0.15) is 0 Å². The van der Waals surface area contributed by atoms with E-state index in [1.165, 1.54) is 0 Å². The Morgan fingerprint density at radius 1 is 0.872 bits per heavy atom. The van der Waals surface area contributed by atoms with Crippen LogP contribution in [0.2, 0.25) is 0 Å². The van der Waals surface area contributed by atoms with E-state index in [1.807, 2.05) is 79.0 Å². The molecular formula is C31H24N4O3S. The normalized spacial score (nSPS) is 13.2. The van der Waals surface area contributed by atoms with E-state index in [0.29, 0.717) is 47.7 Å². The van der Waals surface area contributed by atoms with Crippen molar-refractivity contribution in [3.8, 4) is 5.75 Å². The number of rotatable bonds is 9. The highest BCUT2D eigenvalue weighted by Gasteiger charge is 2.35. The van der Waals surface area contributed by atoms with Crippen LogP contribution in [0.4, 0.5) is 0 Å². The van der Waals surface area contributed by atoms with E-state index in [1.54, 1.807) is 6.20 Å². The number of aromatic amines is 1. The van der Waals surface area contributed by atoms with Crippen molar-refractivity contribution in [2.24, 2.45) is 4.99 Å². The molecule has 2 N–H and O–H groups in total. The molecule has 7 nitrogen and oxygen atoms in total. The number of para-hydroxylation sites is 2. The molecule has 2 amide bonds. The van der Waals surface area contributed by atoms with Gasteiger partial charge in [0, 0.05) is 46.4 Å². The minimum atomic E-state index is -0.416. The summed E-state index contributed by atoms with van der Waals surface area (Å²) in [7, 11) is 0. The molecule has 8 heteroatoms. The summed E-state index contributed by atoms with van der Waals surface area (Å²) in [4.78, 5) is 33.7. The molecule has 0 fully saturated rings. The monoisotopic (exact) mass is 532 g/mol. The lowest BCUT2D eigenvalue weighted by Gasteiger charge is -2.11. The van der Waals surface area contributed by atoms with E-state index in [0.717, 1.165) is 33.8 Å². The van der Waals surface area contributed by atoms with Gasteiger partial charge in [0.15, 0.2) is 0 Å². The minimum Gasteiger partial charge on any atom is -0.487 e. The van der Waals surface area contributed by atoms with Crippen molar-refractivity contribution in [3.05, 3.63) is 102 Å². The van der Waals surface area contributed by atoms with Crippen LogP contribution in [-0.2, 0) is 22.7 Å². The number of hydrogen-bond donors (Lipinski definition) is 2. The average molecular weight is 533 g/mol.